The maximum absolute atomic E-state index is 5.74. The number of rotatable bonds is 4. The number of anilines is 2. The summed E-state index contributed by atoms with van der Waals surface area (Å²) in [5.41, 5.74) is 3.17. The Morgan fingerprint density at radius 1 is 1.00 bits per heavy atom. The summed E-state index contributed by atoms with van der Waals surface area (Å²) in [5, 5.41) is 3.89. The van der Waals surface area contributed by atoms with Crippen LogP contribution in [-0.2, 0) is 0 Å². The van der Waals surface area contributed by atoms with Crippen LogP contribution in [0, 0.1) is 0 Å². The molecule has 0 unspecified atom stereocenters. The standard InChI is InChI=1S/C16H14ClN/c1-13(17)11-12-14-7-5-6-10-16(14)18-15-8-3-2-4-9-15/h2-12,18H,1H2/b12-11+. The molecule has 0 heterocycles. The molecule has 0 saturated heterocycles. The van der Waals surface area contributed by atoms with Gasteiger partial charge in [0.1, 0.15) is 0 Å². The highest BCUT2D eigenvalue weighted by molar-refractivity contribution is 6.31. The first kappa shape index (κ1) is 12.5. The van der Waals surface area contributed by atoms with Crippen LogP contribution in [0.1, 0.15) is 5.56 Å². The maximum Gasteiger partial charge on any atom is 0.0457 e. The lowest BCUT2D eigenvalue weighted by atomic mass is 10.1. The van der Waals surface area contributed by atoms with E-state index in [1.807, 2.05) is 60.7 Å². The minimum atomic E-state index is 0.518. The monoisotopic (exact) mass is 255 g/mol. The lowest BCUT2D eigenvalue weighted by Crippen LogP contribution is -1.92. The normalized spacial score (nSPS) is 10.5. The molecule has 0 bridgehead atoms. The summed E-state index contributed by atoms with van der Waals surface area (Å²) in [6.45, 7) is 3.64. The molecule has 2 aromatic carbocycles. The predicted molar refractivity (Wildman–Crippen MR) is 80.2 cm³/mol. The zero-order chi connectivity index (χ0) is 12.8. The van der Waals surface area contributed by atoms with E-state index in [1.165, 1.54) is 0 Å². The van der Waals surface area contributed by atoms with Crippen molar-refractivity contribution in [1.29, 1.82) is 0 Å². The van der Waals surface area contributed by atoms with Crippen molar-refractivity contribution in [2.75, 3.05) is 5.32 Å². The fourth-order valence-electron chi connectivity index (χ4n) is 1.61. The van der Waals surface area contributed by atoms with Gasteiger partial charge >= 0.3 is 0 Å². The minimum absolute atomic E-state index is 0.518. The Morgan fingerprint density at radius 3 is 2.39 bits per heavy atom. The van der Waals surface area contributed by atoms with Gasteiger partial charge in [0.2, 0.25) is 0 Å². The molecule has 0 amide bonds. The Hall–Kier alpha value is -1.99. The SMILES string of the molecule is C=C(Cl)/C=C/c1ccccc1Nc1ccccc1. The highest BCUT2D eigenvalue weighted by atomic mass is 35.5. The van der Waals surface area contributed by atoms with Gasteiger partial charge in [-0.3, -0.25) is 0 Å². The van der Waals surface area contributed by atoms with Crippen LogP contribution >= 0.6 is 11.6 Å². The number of halogens is 1. The molecule has 0 aliphatic carbocycles. The van der Waals surface area contributed by atoms with E-state index in [-0.39, 0.29) is 0 Å². The van der Waals surface area contributed by atoms with Crippen molar-refractivity contribution in [3.8, 4) is 0 Å². The van der Waals surface area contributed by atoms with E-state index < -0.39 is 0 Å². The third-order valence-corrected chi connectivity index (χ3v) is 2.58. The van der Waals surface area contributed by atoms with Crippen molar-refractivity contribution in [3.05, 3.63) is 77.8 Å². The first-order chi connectivity index (χ1) is 8.75. The molecule has 18 heavy (non-hydrogen) atoms. The third kappa shape index (κ3) is 3.51. The molecule has 2 aromatic rings. The van der Waals surface area contributed by atoms with Crippen LogP contribution in [0.25, 0.3) is 6.08 Å². The van der Waals surface area contributed by atoms with Gasteiger partial charge in [0.05, 0.1) is 0 Å². The molecule has 2 rings (SSSR count). The van der Waals surface area contributed by atoms with Crippen LogP contribution in [0.15, 0.2) is 72.3 Å². The molecular formula is C16H14ClN. The van der Waals surface area contributed by atoms with E-state index in [0.717, 1.165) is 16.9 Å². The van der Waals surface area contributed by atoms with Crippen molar-refractivity contribution in [3.63, 3.8) is 0 Å². The van der Waals surface area contributed by atoms with Gasteiger partial charge < -0.3 is 5.32 Å². The summed E-state index contributed by atoms with van der Waals surface area (Å²) in [4.78, 5) is 0. The molecule has 0 spiro atoms. The van der Waals surface area contributed by atoms with E-state index in [9.17, 15) is 0 Å². The van der Waals surface area contributed by atoms with Crippen molar-refractivity contribution in [1.82, 2.24) is 0 Å². The summed E-state index contributed by atoms with van der Waals surface area (Å²) in [7, 11) is 0. The van der Waals surface area contributed by atoms with Gasteiger partial charge in [0.15, 0.2) is 0 Å². The summed E-state index contributed by atoms with van der Waals surface area (Å²) in [5.74, 6) is 0. The second-order valence-corrected chi connectivity index (χ2v) is 4.34. The topological polar surface area (TPSA) is 12.0 Å². The Balaban J connectivity index is 2.25. The molecule has 0 aliphatic heterocycles. The van der Waals surface area contributed by atoms with Crippen molar-refractivity contribution in [2.24, 2.45) is 0 Å². The van der Waals surface area contributed by atoms with Crippen molar-refractivity contribution >= 4 is 29.1 Å². The zero-order valence-corrected chi connectivity index (χ0v) is 10.7. The molecular weight excluding hydrogens is 242 g/mol. The fraction of sp³-hybridized carbons (Fsp3) is 0. The van der Waals surface area contributed by atoms with E-state index in [0.29, 0.717) is 5.03 Å². The maximum atomic E-state index is 5.74. The number of para-hydroxylation sites is 2. The van der Waals surface area contributed by atoms with Crippen LogP contribution < -0.4 is 5.32 Å². The van der Waals surface area contributed by atoms with Crippen molar-refractivity contribution in [2.45, 2.75) is 0 Å². The summed E-state index contributed by atoms with van der Waals surface area (Å²) in [6, 6.07) is 18.1. The van der Waals surface area contributed by atoms with Crippen LogP contribution in [0.3, 0.4) is 0 Å². The van der Waals surface area contributed by atoms with Gasteiger partial charge in [-0.2, -0.15) is 0 Å². The summed E-state index contributed by atoms with van der Waals surface area (Å²) < 4.78 is 0. The Morgan fingerprint density at radius 2 is 1.67 bits per heavy atom. The molecule has 0 aromatic heterocycles. The molecule has 1 N–H and O–H groups in total. The minimum Gasteiger partial charge on any atom is -0.355 e. The summed E-state index contributed by atoms with van der Waals surface area (Å²) in [6.07, 6.45) is 3.73. The van der Waals surface area contributed by atoms with E-state index >= 15 is 0 Å². The molecule has 90 valence electrons. The van der Waals surface area contributed by atoms with Crippen LogP contribution in [0.5, 0.6) is 0 Å². The second-order valence-electron chi connectivity index (χ2n) is 3.86. The van der Waals surface area contributed by atoms with Crippen LogP contribution in [-0.4, -0.2) is 0 Å². The molecule has 1 nitrogen and oxygen atoms in total. The number of hydrogen-bond acceptors (Lipinski definition) is 1. The van der Waals surface area contributed by atoms with E-state index in [4.69, 9.17) is 11.6 Å². The lowest BCUT2D eigenvalue weighted by Gasteiger charge is -2.09. The van der Waals surface area contributed by atoms with Gasteiger partial charge in [-0.25, -0.2) is 0 Å². The lowest BCUT2D eigenvalue weighted by molar-refractivity contribution is 1.53. The number of benzene rings is 2. The number of allylic oxidation sites excluding steroid dienone is 2. The Bertz CT molecular complexity index is 558. The summed E-state index contributed by atoms with van der Waals surface area (Å²) >= 11 is 5.74. The average molecular weight is 256 g/mol. The Kier molecular flexibility index (Phi) is 4.21. The molecule has 0 atom stereocenters. The first-order valence-electron chi connectivity index (χ1n) is 5.69. The molecule has 0 fully saturated rings. The third-order valence-electron chi connectivity index (χ3n) is 2.46. The molecule has 2 heteroatoms. The van der Waals surface area contributed by atoms with Crippen LogP contribution in [0.4, 0.5) is 11.4 Å². The van der Waals surface area contributed by atoms with Crippen LogP contribution in [0.2, 0.25) is 0 Å². The average Bonchev–Trinajstić information content (AvgIpc) is 2.39. The molecule has 0 radical (unpaired) electrons. The van der Waals surface area contributed by atoms with Gasteiger partial charge in [-0.05, 0) is 29.8 Å². The first-order valence-corrected chi connectivity index (χ1v) is 6.07. The highest BCUT2D eigenvalue weighted by Crippen LogP contribution is 2.22. The largest absolute Gasteiger partial charge is 0.355 e. The van der Waals surface area contributed by atoms with Crippen molar-refractivity contribution < 1.29 is 0 Å². The fourth-order valence-corrected chi connectivity index (χ4v) is 1.68. The Labute approximate surface area is 112 Å². The zero-order valence-electron chi connectivity index (χ0n) is 9.94. The highest BCUT2D eigenvalue weighted by Gasteiger charge is 1.98. The molecule has 0 saturated carbocycles. The number of hydrogen-bond donors (Lipinski definition) is 1. The van der Waals surface area contributed by atoms with E-state index in [2.05, 4.69) is 11.9 Å². The predicted octanol–water partition coefficient (Wildman–Crippen LogP) is 5.20. The van der Waals surface area contributed by atoms with Gasteiger partial charge in [-0.15, -0.1) is 0 Å². The van der Waals surface area contributed by atoms with Gasteiger partial charge in [0.25, 0.3) is 0 Å². The molecule has 0 aliphatic rings. The van der Waals surface area contributed by atoms with E-state index in [1.54, 1.807) is 6.08 Å². The van der Waals surface area contributed by atoms with Gasteiger partial charge in [0, 0.05) is 16.4 Å². The second kappa shape index (κ2) is 6.08. The van der Waals surface area contributed by atoms with Gasteiger partial charge in [-0.1, -0.05) is 60.7 Å². The number of nitrogens with one attached hydrogen (secondary N) is 1. The quantitative estimate of drug-likeness (QED) is 0.741. The smallest absolute Gasteiger partial charge is 0.0457 e.